The van der Waals surface area contributed by atoms with Crippen LogP contribution in [0.5, 0.6) is 11.5 Å². The molecule has 0 aromatic heterocycles. The summed E-state index contributed by atoms with van der Waals surface area (Å²) in [5.74, 6) is 2.36. The first-order valence-electron chi connectivity index (χ1n) is 7.50. The van der Waals surface area contributed by atoms with Gasteiger partial charge in [0.25, 0.3) is 0 Å². The van der Waals surface area contributed by atoms with Gasteiger partial charge in [0, 0.05) is 0 Å². The summed E-state index contributed by atoms with van der Waals surface area (Å²) in [6.07, 6.45) is 3.50. The van der Waals surface area contributed by atoms with Crippen molar-refractivity contribution < 1.29 is 9.47 Å². The molecule has 0 radical (unpaired) electrons. The van der Waals surface area contributed by atoms with E-state index in [-0.39, 0.29) is 0 Å². The summed E-state index contributed by atoms with van der Waals surface area (Å²) in [5.41, 5.74) is 2.63. The van der Waals surface area contributed by atoms with Crippen LogP contribution in [-0.4, -0.2) is 27.3 Å². The van der Waals surface area contributed by atoms with E-state index in [1.54, 1.807) is 14.2 Å². The van der Waals surface area contributed by atoms with Crippen LogP contribution in [0, 0.1) is 12.8 Å². The highest BCUT2D eigenvalue weighted by Gasteiger charge is 2.08. The minimum absolute atomic E-state index is 0.725. The van der Waals surface area contributed by atoms with Crippen molar-refractivity contribution in [2.75, 3.05) is 27.3 Å². The number of nitrogens with one attached hydrogen (secondary N) is 1. The third-order valence-electron chi connectivity index (χ3n) is 3.44. The van der Waals surface area contributed by atoms with E-state index in [9.17, 15) is 0 Å². The van der Waals surface area contributed by atoms with Gasteiger partial charge in [-0.25, -0.2) is 0 Å². The molecule has 0 atom stereocenters. The van der Waals surface area contributed by atoms with Gasteiger partial charge in [0.15, 0.2) is 11.5 Å². The zero-order chi connectivity index (χ0) is 15.0. The number of rotatable bonds is 9. The van der Waals surface area contributed by atoms with Crippen molar-refractivity contribution in [2.24, 2.45) is 5.92 Å². The van der Waals surface area contributed by atoms with Gasteiger partial charge in [-0.3, -0.25) is 0 Å². The summed E-state index contributed by atoms with van der Waals surface area (Å²) in [6.45, 7) is 8.81. The van der Waals surface area contributed by atoms with E-state index in [1.807, 2.05) is 0 Å². The van der Waals surface area contributed by atoms with E-state index < -0.39 is 0 Å². The quantitative estimate of drug-likeness (QED) is 0.701. The Hall–Kier alpha value is -1.22. The molecule has 0 saturated heterocycles. The summed E-state index contributed by atoms with van der Waals surface area (Å²) >= 11 is 0. The molecule has 0 bridgehead atoms. The van der Waals surface area contributed by atoms with Gasteiger partial charge in [-0.2, -0.15) is 0 Å². The zero-order valence-electron chi connectivity index (χ0n) is 13.6. The Kier molecular flexibility index (Phi) is 7.45. The molecule has 3 heteroatoms. The maximum atomic E-state index is 5.37. The summed E-state index contributed by atoms with van der Waals surface area (Å²) in [4.78, 5) is 0. The number of methoxy groups -OCH3 is 2. The second kappa shape index (κ2) is 8.85. The van der Waals surface area contributed by atoms with Crippen LogP contribution in [0.25, 0.3) is 0 Å². The van der Waals surface area contributed by atoms with Crippen molar-refractivity contribution in [3.63, 3.8) is 0 Å². The second-order valence-corrected chi connectivity index (χ2v) is 5.69. The molecule has 0 aliphatic rings. The molecule has 0 aliphatic heterocycles. The van der Waals surface area contributed by atoms with Gasteiger partial charge in [0.2, 0.25) is 0 Å². The van der Waals surface area contributed by atoms with Crippen molar-refractivity contribution in [1.82, 2.24) is 5.32 Å². The third-order valence-corrected chi connectivity index (χ3v) is 3.44. The largest absolute Gasteiger partial charge is 0.493 e. The Bertz CT molecular complexity index is 402. The number of ether oxygens (including phenoxy) is 2. The smallest absolute Gasteiger partial charge is 0.161 e. The number of benzene rings is 1. The normalized spacial score (nSPS) is 10.9. The maximum Gasteiger partial charge on any atom is 0.161 e. The average molecular weight is 279 g/mol. The summed E-state index contributed by atoms with van der Waals surface area (Å²) < 4.78 is 10.7. The maximum absolute atomic E-state index is 5.37. The lowest BCUT2D eigenvalue weighted by Crippen LogP contribution is -2.20. The molecular weight excluding hydrogens is 250 g/mol. The van der Waals surface area contributed by atoms with Crippen molar-refractivity contribution >= 4 is 0 Å². The van der Waals surface area contributed by atoms with Crippen LogP contribution < -0.4 is 14.8 Å². The van der Waals surface area contributed by atoms with Crippen molar-refractivity contribution in [2.45, 2.75) is 40.0 Å². The van der Waals surface area contributed by atoms with Crippen LogP contribution in [0.2, 0.25) is 0 Å². The van der Waals surface area contributed by atoms with Crippen molar-refractivity contribution in [3.8, 4) is 11.5 Å². The molecule has 0 aliphatic carbocycles. The standard InChI is InChI=1S/C17H29NO2/c1-13(2)12-18-9-7-6-8-15-11-17(20-5)16(19-4)10-14(15)3/h10-11,13,18H,6-9,12H2,1-5H3. The van der Waals surface area contributed by atoms with Crippen molar-refractivity contribution in [1.29, 1.82) is 0 Å². The lowest BCUT2D eigenvalue weighted by atomic mass is 10.0. The predicted molar refractivity (Wildman–Crippen MR) is 84.9 cm³/mol. The molecule has 0 saturated carbocycles. The fraction of sp³-hybridized carbons (Fsp3) is 0.647. The van der Waals surface area contributed by atoms with E-state index in [1.165, 1.54) is 24.0 Å². The Balaban J connectivity index is 2.43. The molecule has 20 heavy (non-hydrogen) atoms. The predicted octanol–water partition coefficient (Wildman–Crippen LogP) is 3.58. The first kappa shape index (κ1) is 16.8. The van der Waals surface area contributed by atoms with Crippen LogP contribution in [0.3, 0.4) is 0 Å². The molecule has 0 unspecified atom stereocenters. The summed E-state index contributed by atoms with van der Waals surface area (Å²) in [6, 6.07) is 4.17. The third kappa shape index (κ3) is 5.41. The van der Waals surface area contributed by atoms with Gasteiger partial charge >= 0.3 is 0 Å². The molecule has 1 aromatic rings. The lowest BCUT2D eigenvalue weighted by Gasteiger charge is -2.13. The number of unbranched alkanes of at least 4 members (excludes halogenated alkanes) is 1. The fourth-order valence-electron chi connectivity index (χ4n) is 2.25. The first-order chi connectivity index (χ1) is 9.58. The fourth-order valence-corrected chi connectivity index (χ4v) is 2.25. The summed E-state index contributed by atoms with van der Waals surface area (Å²) in [7, 11) is 3.37. The van der Waals surface area contributed by atoms with Gasteiger partial charge in [0.1, 0.15) is 0 Å². The molecule has 114 valence electrons. The number of hydrogen-bond donors (Lipinski definition) is 1. The minimum Gasteiger partial charge on any atom is -0.493 e. The van der Waals surface area contributed by atoms with Crippen LogP contribution >= 0.6 is 0 Å². The van der Waals surface area contributed by atoms with Gasteiger partial charge in [-0.05, 0) is 68.5 Å². The molecule has 1 aromatic carbocycles. The van der Waals surface area contributed by atoms with E-state index in [0.717, 1.165) is 36.9 Å². The Morgan fingerprint density at radius 2 is 1.70 bits per heavy atom. The van der Waals surface area contributed by atoms with Crippen LogP contribution in [0.4, 0.5) is 0 Å². The Morgan fingerprint density at radius 3 is 2.30 bits per heavy atom. The van der Waals surface area contributed by atoms with E-state index >= 15 is 0 Å². The van der Waals surface area contributed by atoms with Crippen LogP contribution in [0.15, 0.2) is 12.1 Å². The van der Waals surface area contributed by atoms with E-state index in [4.69, 9.17) is 9.47 Å². The highest BCUT2D eigenvalue weighted by atomic mass is 16.5. The molecule has 0 fully saturated rings. The topological polar surface area (TPSA) is 30.5 Å². The monoisotopic (exact) mass is 279 g/mol. The highest BCUT2D eigenvalue weighted by Crippen LogP contribution is 2.30. The van der Waals surface area contributed by atoms with Crippen molar-refractivity contribution in [3.05, 3.63) is 23.3 Å². The Labute approximate surface area is 123 Å². The van der Waals surface area contributed by atoms with Gasteiger partial charge in [-0.1, -0.05) is 13.8 Å². The number of aryl methyl sites for hydroxylation is 2. The first-order valence-corrected chi connectivity index (χ1v) is 7.50. The molecule has 1 N–H and O–H groups in total. The van der Waals surface area contributed by atoms with Crippen LogP contribution in [0.1, 0.15) is 37.8 Å². The van der Waals surface area contributed by atoms with E-state index in [0.29, 0.717) is 0 Å². The lowest BCUT2D eigenvalue weighted by molar-refractivity contribution is 0.354. The zero-order valence-corrected chi connectivity index (χ0v) is 13.6. The molecule has 0 spiro atoms. The van der Waals surface area contributed by atoms with Gasteiger partial charge in [-0.15, -0.1) is 0 Å². The number of hydrogen-bond acceptors (Lipinski definition) is 3. The minimum atomic E-state index is 0.725. The molecule has 3 nitrogen and oxygen atoms in total. The molecule has 0 amide bonds. The molecular formula is C17H29NO2. The van der Waals surface area contributed by atoms with E-state index in [2.05, 4.69) is 38.2 Å². The summed E-state index contributed by atoms with van der Waals surface area (Å²) in [5, 5.41) is 3.48. The average Bonchev–Trinajstić information content (AvgIpc) is 2.43. The Morgan fingerprint density at radius 1 is 1.05 bits per heavy atom. The second-order valence-electron chi connectivity index (χ2n) is 5.69. The van der Waals surface area contributed by atoms with Crippen LogP contribution in [-0.2, 0) is 6.42 Å². The molecule has 1 rings (SSSR count). The van der Waals surface area contributed by atoms with Gasteiger partial charge in [0.05, 0.1) is 14.2 Å². The SMILES string of the molecule is COc1cc(C)c(CCCCNCC(C)C)cc1OC. The highest BCUT2D eigenvalue weighted by molar-refractivity contribution is 5.47. The molecule has 0 heterocycles. The van der Waals surface area contributed by atoms with Gasteiger partial charge < -0.3 is 14.8 Å².